The van der Waals surface area contributed by atoms with Gasteiger partial charge in [0.05, 0.1) is 0 Å². The first-order valence-corrected chi connectivity index (χ1v) is 4.75. The van der Waals surface area contributed by atoms with Gasteiger partial charge in [-0.15, -0.1) is 0 Å². The predicted molar refractivity (Wildman–Crippen MR) is 55.3 cm³/mol. The molecular formula is C10H14N2O2. The van der Waals surface area contributed by atoms with Crippen LogP contribution in [0.4, 0.5) is 0 Å². The Labute approximate surface area is 82.2 Å². The summed E-state index contributed by atoms with van der Waals surface area (Å²) in [6, 6.07) is 1.77. The molecule has 0 aromatic carbocycles. The average Bonchev–Trinajstić information content (AvgIpc) is 2.70. The lowest BCUT2D eigenvalue weighted by molar-refractivity contribution is 0.589. The van der Waals surface area contributed by atoms with Gasteiger partial charge in [0, 0.05) is 12.7 Å². The van der Waals surface area contributed by atoms with E-state index < -0.39 is 0 Å². The highest BCUT2D eigenvalue weighted by molar-refractivity contribution is 5.70. The first kappa shape index (κ1) is 10.5. The quantitative estimate of drug-likeness (QED) is 0.697. The highest BCUT2D eigenvalue weighted by Crippen LogP contribution is 2.04. The van der Waals surface area contributed by atoms with Crippen LogP contribution >= 0.6 is 0 Å². The van der Waals surface area contributed by atoms with Crippen LogP contribution in [0.2, 0.25) is 0 Å². The molecule has 0 aliphatic carbocycles. The Bertz CT molecular complexity index is 456. The monoisotopic (exact) mass is 194 g/mol. The number of pyridine rings is 1. The highest BCUT2D eigenvalue weighted by atomic mass is 16.3. The molecule has 0 N–H and O–H groups in total. The second-order valence-corrected chi connectivity index (χ2v) is 2.47. The van der Waals surface area contributed by atoms with Gasteiger partial charge in [0.1, 0.15) is 5.52 Å². The van der Waals surface area contributed by atoms with E-state index in [0.29, 0.717) is 17.6 Å². The van der Waals surface area contributed by atoms with Crippen LogP contribution in [0.1, 0.15) is 20.8 Å². The van der Waals surface area contributed by atoms with Crippen LogP contribution in [0.3, 0.4) is 0 Å². The van der Waals surface area contributed by atoms with Crippen molar-refractivity contribution in [3.63, 3.8) is 0 Å². The Balaban J connectivity index is 0.000000461. The van der Waals surface area contributed by atoms with E-state index in [4.69, 9.17) is 4.42 Å². The summed E-state index contributed by atoms with van der Waals surface area (Å²) in [5.74, 6) is 0. The van der Waals surface area contributed by atoms with Gasteiger partial charge in [-0.3, -0.25) is 4.79 Å². The molecule has 0 saturated carbocycles. The average molecular weight is 194 g/mol. The molecule has 2 aromatic rings. The van der Waals surface area contributed by atoms with Crippen molar-refractivity contribution in [3.05, 3.63) is 29.0 Å². The molecule has 0 spiro atoms. The van der Waals surface area contributed by atoms with E-state index in [2.05, 4.69) is 4.98 Å². The smallest absolute Gasteiger partial charge is 0.295 e. The summed E-state index contributed by atoms with van der Waals surface area (Å²) in [6.07, 6.45) is 3.00. The number of aryl methyl sites for hydroxylation is 1. The minimum absolute atomic E-state index is 0.118. The van der Waals surface area contributed by atoms with Crippen molar-refractivity contribution in [1.82, 2.24) is 9.55 Å². The molecule has 4 nitrogen and oxygen atoms in total. The summed E-state index contributed by atoms with van der Waals surface area (Å²) in [5, 5.41) is 0. The fourth-order valence-electron chi connectivity index (χ4n) is 1.14. The molecule has 14 heavy (non-hydrogen) atoms. The first-order chi connectivity index (χ1) is 6.83. The van der Waals surface area contributed by atoms with Crippen molar-refractivity contribution < 1.29 is 4.42 Å². The maximum atomic E-state index is 11.4. The molecule has 2 rings (SSSR count). The van der Waals surface area contributed by atoms with Gasteiger partial charge >= 0.3 is 0 Å². The molecule has 0 atom stereocenters. The minimum Gasteiger partial charge on any atom is -0.438 e. The summed E-state index contributed by atoms with van der Waals surface area (Å²) in [7, 11) is 0. The molecule has 0 aliphatic rings. The van der Waals surface area contributed by atoms with Gasteiger partial charge < -0.3 is 8.98 Å². The molecule has 0 aliphatic heterocycles. The van der Waals surface area contributed by atoms with E-state index in [1.54, 1.807) is 16.8 Å². The Hall–Kier alpha value is -1.58. The van der Waals surface area contributed by atoms with Crippen molar-refractivity contribution in [2.75, 3.05) is 0 Å². The summed E-state index contributed by atoms with van der Waals surface area (Å²) < 4.78 is 6.52. The fourth-order valence-corrected chi connectivity index (χ4v) is 1.14. The molecular weight excluding hydrogens is 180 g/mol. The van der Waals surface area contributed by atoms with E-state index in [0.717, 1.165) is 0 Å². The topological polar surface area (TPSA) is 48.0 Å². The Morgan fingerprint density at radius 3 is 2.86 bits per heavy atom. The SMILES string of the molecule is CC.CCn1ccc2ncoc2c1=O. The van der Waals surface area contributed by atoms with Crippen LogP contribution in [0.5, 0.6) is 0 Å². The van der Waals surface area contributed by atoms with E-state index >= 15 is 0 Å². The van der Waals surface area contributed by atoms with Gasteiger partial charge in [-0.1, -0.05) is 13.8 Å². The zero-order valence-corrected chi connectivity index (χ0v) is 8.65. The molecule has 4 heteroatoms. The van der Waals surface area contributed by atoms with Crippen molar-refractivity contribution in [2.45, 2.75) is 27.3 Å². The molecule has 0 bridgehead atoms. The molecule has 2 aromatic heterocycles. The number of aromatic nitrogens is 2. The summed E-state index contributed by atoms with van der Waals surface area (Å²) in [6.45, 7) is 6.55. The Kier molecular flexibility index (Phi) is 3.45. The van der Waals surface area contributed by atoms with Gasteiger partial charge in [0.15, 0.2) is 6.39 Å². The molecule has 76 valence electrons. The highest BCUT2D eigenvalue weighted by Gasteiger charge is 2.04. The molecule has 2 heterocycles. The summed E-state index contributed by atoms with van der Waals surface area (Å²) >= 11 is 0. The first-order valence-electron chi connectivity index (χ1n) is 4.75. The minimum atomic E-state index is -0.118. The summed E-state index contributed by atoms with van der Waals surface area (Å²) in [5.41, 5.74) is 0.830. The normalized spacial score (nSPS) is 9.64. The van der Waals surface area contributed by atoms with E-state index in [1.807, 2.05) is 20.8 Å². The van der Waals surface area contributed by atoms with E-state index in [1.165, 1.54) is 6.39 Å². The lowest BCUT2D eigenvalue weighted by atomic mass is 10.4. The molecule has 0 saturated heterocycles. The molecule has 0 unspecified atom stereocenters. The van der Waals surface area contributed by atoms with E-state index in [9.17, 15) is 4.79 Å². The largest absolute Gasteiger partial charge is 0.438 e. The summed E-state index contributed by atoms with van der Waals surface area (Å²) in [4.78, 5) is 15.3. The van der Waals surface area contributed by atoms with Crippen molar-refractivity contribution in [2.24, 2.45) is 0 Å². The Morgan fingerprint density at radius 2 is 2.21 bits per heavy atom. The van der Waals surface area contributed by atoms with Crippen LogP contribution in [-0.4, -0.2) is 9.55 Å². The second kappa shape index (κ2) is 4.60. The molecule has 0 amide bonds. The number of oxazole rings is 1. The Morgan fingerprint density at radius 1 is 1.50 bits per heavy atom. The maximum Gasteiger partial charge on any atom is 0.295 e. The molecule has 0 fully saturated rings. The second-order valence-electron chi connectivity index (χ2n) is 2.47. The lowest BCUT2D eigenvalue weighted by Gasteiger charge is -1.97. The fraction of sp³-hybridized carbons (Fsp3) is 0.400. The van der Waals surface area contributed by atoms with Crippen LogP contribution in [-0.2, 0) is 6.54 Å². The van der Waals surface area contributed by atoms with Crippen molar-refractivity contribution >= 4 is 11.1 Å². The zero-order valence-electron chi connectivity index (χ0n) is 8.65. The van der Waals surface area contributed by atoms with Crippen LogP contribution in [0.15, 0.2) is 27.9 Å². The zero-order chi connectivity index (χ0) is 10.6. The van der Waals surface area contributed by atoms with Crippen LogP contribution < -0.4 is 5.56 Å². The number of rotatable bonds is 1. The number of hydrogen-bond donors (Lipinski definition) is 0. The third-order valence-corrected chi connectivity index (χ3v) is 1.80. The van der Waals surface area contributed by atoms with Crippen LogP contribution in [0.25, 0.3) is 11.1 Å². The third-order valence-electron chi connectivity index (χ3n) is 1.80. The predicted octanol–water partition coefficient (Wildman–Crippen LogP) is 2.04. The number of nitrogens with zero attached hydrogens (tertiary/aromatic N) is 2. The van der Waals surface area contributed by atoms with E-state index in [-0.39, 0.29) is 5.56 Å². The van der Waals surface area contributed by atoms with Gasteiger partial charge in [0.25, 0.3) is 5.56 Å². The van der Waals surface area contributed by atoms with Gasteiger partial charge in [0.2, 0.25) is 5.58 Å². The molecule has 0 radical (unpaired) electrons. The number of fused-ring (bicyclic) bond motifs is 1. The standard InChI is InChI=1S/C8H8N2O2.C2H6/c1-2-10-4-3-6-7(8(10)11)12-5-9-6;1-2/h3-5H,2H2,1H3;1-2H3. The maximum absolute atomic E-state index is 11.4. The van der Waals surface area contributed by atoms with Crippen molar-refractivity contribution in [3.8, 4) is 0 Å². The lowest BCUT2D eigenvalue weighted by Crippen LogP contribution is -2.17. The number of hydrogen-bond acceptors (Lipinski definition) is 3. The van der Waals surface area contributed by atoms with Crippen molar-refractivity contribution in [1.29, 1.82) is 0 Å². The van der Waals surface area contributed by atoms with Gasteiger partial charge in [-0.25, -0.2) is 4.98 Å². The van der Waals surface area contributed by atoms with Gasteiger partial charge in [-0.2, -0.15) is 0 Å². The van der Waals surface area contributed by atoms with Gasteiger partial charge in [-0.05, 0) is 13.0 Å². The van der Waals surface area contributed by atoms with Crippen LogP contribution in [0, 0.1) is 0 Å². The third kappa shape index (κ3) is 1.69.